The van der Waals surface area contributed by atoms with Gasteiger partial charge in [-0.3, -0.25) is 9.78 Å². The molecule has 0 aliphatic carbocycles. The lowest BCUT2D eigenvalue weighted by Gasteiger charge is -2.06. The molecule has 1 aromatic heterocycles. The molecule has 1 amide bonds. The van der Waals surface area contributed by atoms with E-state index in [0.29, 0.717) is 12.1 Å². The molecule has 1 rings (SSSR count). The molecule has 0 aliphatic heterocycles. The number of ether oxygens (including phenoxy) is 1. The van der Waals surface area contributed by atoms with E-state index in [-0.39, 0.29) is 11.6 Å². The summed E-state index contributed by atoms with van der Waals surface area (Å²) in [6.07, 6.45) is 6.65. The zero-order chi connectivity index (χ0) is 15.5. The molecule has 1 heterocycles. The topological polar surface area (TPSA) is 88.5 Å². The van der Waals surface area contributed by atoms with Gasteiger partial charge in [-0.05, 0) is 31.4 Å². The summed E-state index contributed by atoms with van der Waals surface area (Å²) in [5, 5.41) is 11.4. The second kappa shape index (κ2) is 9.66. The first-order valence-electron chi connectivity index (χ1n) is 6.78. The molecular weight excluding hydrogens is 272 g/mol. The van der Waals surface area contributed by atoms with Crippen molar-refractivity contribution in [3.05, 3.63) is 35.7 Å². The normalized spacial score (nSPS) is 10.7. The predicted octanol–water partition coefficient (Wildman–Crippen LogP) is 1.73. The largest absolute Gasteiger partial charge is 0.478 e. The third kappa shape index (κ3) is 6.67. The fraction of sp³-hybridized carbons (Fsp3) is 0.400. The number of hydrogen-bond acceptors (Lipinski definition) is 4. The molecule has 0 bridgehead atoms. The SMILES string of the molecule is COCCCCCNC(=O)c1ncccc1/C=C/C(=O)O. The molecule has 6 nitrogen and oxygen atoms in total. The molecule has 21 heavy (non-hydrogen) atoms. The van der Waals surface area contributed by atoms with Crippen molar-refractivity contribution in [2.24, 2.45) is 0 Å². The molecule has 0 unspecified atom stereocenters. The van der Waals surface area contributed by atoms with E-state index in [1.807, 2.05) is 0 Å². The maximum absolute atomic E-state index is 12.0. The van der Waals surface area contributed by atoms with Crippen LogP contribution in [0.15, 0.2) is 24.4 Å². The molecule has 114 valence electrons. The van der Waals surface area contributed by atoms with Crippen LogP contribution in [0.1, 0.15) is 35.3 Å². The highest BCUT2D eigenvalue weighted by atomic mass is 16.5. The first-order chi connectivity index (χ1) is 10.1. The van der Waals surface area contributed by atoms with Gasteiger partial charge >= 0.3 is 5.97 Å². The summed E-state index contributed by atoms with van der Waals surface area (Å²) in [4.78, 5) is 26.6. The van der Waals surface area contributed by atoms with Gasteiger partial charge in [0.2, 0.25) is 0 Å². The lowest BCUT2D eigenvalue weighted by Crippen LogP contribution is -2.26. The molecule has 0 atom stereocenters. The predicted molar refractivity (Wildman–Crippen MR) is 79.0 cm³/mol. The van der Waals surface area contributed by atoms with E-state index in [1.165, 1.54) is 12.3 Å². The summed E-state index contributed by atoms with van der Waals surface area (Å²) < 4.78 is 4.95. The van der Waals surface area contributed by atoms with Crippen molar-refractivity contribution in [3.8, 4) is 0 Å². The molecule has 0 saturated heterocycles. The number of nitrogens with zero attached hydrogens (tertiary/aromatic N) is 1. The average Bonchev–Trinajstić information content (AvgIpc) is 2.48. The molecule has 0 fully saturated rings. The number of aromatic nitrogens is 1. The highest BCUT2D eigenvalue weighted by molar-refractivity contribution is 5.97. The van der Waals surface area contributed by atoms with Crippen LogP contribution in [-0.4, -0.2) is 42.2 Å². The van der Waals surface area contributed by atoms with Crippen LogP contribution in [0.4, 0.5) is 0 Å². The molecule has 6 heteroatoms. The summed E-state index contributed by atoms with van der Waals surface area (Å²) in [5.41, 5.74) is 0.712. The molecule has 1 aromatic rings. The summed E-state index contributed by atoms with van der Waals surface area (Å²) >= 11 is 0. The minimum Gasteiger partial charge on any atom is -0.478 e. The van der Waals surface area contributed by atoms with E-state index >= 15 is 0 Å². The Hall–Kier alpha value is -2.21. The van der Waals surface area contributed by atoms with Crippen LogP contribution in [0, 0.1) is 0 Å². The number of rotatable bonds is 9. The average molecular weight is 292 g/mol. The van der Waals surface area contributed by atoms with E-state index in [0.717, 1.165) is 31.9 Å². The van der Waals surface area contributed by atoms with Gasteiger partial charge < -0.3 is 15.2 Å². The van der Waals surface area contributed by atoms with Crippen molar-refractivity contribution in [2.75, 3.05) is 20.3 Å². The van der Waals surface area contributed by atoms with Crippen molar-refractivity contribution in [1.82, 2.24) is 10.3 Å². The standard InChI is InChI=1S/C15H20N2O4/c1-21-11-4-2-3-9-17-15(20)14-12(6-5-10-16-14)7-8-13(18)19/h5-8,10H,2-4,9,11H2,1H3,(H,17,20)(H,18,19)/b8-7+. The summed E-state index contributed by atoms with van der Waals surface area (Å²) in [6, 6.07) is 3.31. The van der Waals surface area contributed by atoms with E-state index in [2.05, 4.69) is 10.3 Å². The van der Waals surface area contributed by atoms with Crippen molar-refractivity contribution in [3.63, 3.8) is 0 Å². The minimum absolute atomic E-state index is 0.229. The number of amides is 1. The number of nitrogens with one attached hydrogen (secondary N) is 1. The number of carbonyl (C=O) groups is 2. The van der Waals surface area contributed by atoms with Gasteiger partial charge in [0.05, 0.1) is 0 Å². The Bertz CT molecular complexity index is 500. The second-order valence-electron chi connectivity index (χ2n) is 4.42. The quantitative estimate of drug-likeness (QED) is 0.534. The molecule has 2 N–H and O–H groups in total. The number of carbonyl (C=O) groups excluding carboxylic acids is 1. The smallest absolute Gasteiger partial charge is 0.328 e. The first kappa shape index (κ1) is 16.8. The molecule has 0 saturated carbocycles. The van der Waals surface area contributed by atoms with E-state index in [1.54, 1.807) is 19.2 Å². The van der Waals surface area contributed by atoms with E-state index in [4.69, 9.17) is 9.84 Å². The van der Waals surface area contributed by atoms with Gasteiger partial charge in [-0.2, -0.15) is 0 Å². The van der Waals surface area contributed by atoms with Gasteiger partial charge in [0, 0.05) is 38.1 Å². The van der Waals surface area contributed by atoms with Crippen molar-refractivity contribution < 1.29 is 19.4 Å². The molecule has 0 radical (unpaired) electrons. The molecule has 0 aromatic carbocycles. The van der Waals surface area contributed by atoms with Crippen LogP contribution < -0.4 is 5.32 Å². The van der Waals surface area contributed by atoms with Crippen LogP contribution in [0.5, 0.6) is 0 Å². The molecule has 0 aliphatic rings. The number of carboxylic acid groups (broad SMARTS) is 1. The van der Waals surface area contributed by atoms with Crippen LogP contribution >= 0.6 is 0 Å². The number of pyridine rings is 1. The van der Waals surface area contributed by atoms with Gasteiger partial charge in [-0.15, -0.1) is 0 Å². The van der Waals surface area contributed by atoms with Crippen LogP contribution in [0.25, 0.3) is 6.08 Å². The lowest BCUT2D eigenvalue weighted by atomic mass is 10.1. The third-order valence-corrected chi connectivity index (χ3v) is 2.77. The second-order valence-corrected chi connectivity index (χ2v) is 4.42. The monoisotopic (exact) mass is 292 g/mol. The van der Waals surface area contributed by atoms with Crippen molar-refractivity contribution in [2.45, 2.75) is 19.3 Å². The van der Waals surface area contributed by atoms with Crippen LogP contribution in [0.3, 0.4) is 0 Å². The summed E-state index contributed by atoms with van der Waals surface area (Å²) in [5.74, 6) is -1.37. The lowest BCUT2D eigenvalue weighted by molar-refractivity contribution is -0.131. The Labute approximate surface area is 123 Å². The Kier molecular flexibility index (Phi) is 7.74. The van der Waals surface area contributed by atoms with E-state index < -0.39 is 5.97 Å². The Morgan fingerprint density at radius 3 is 2.90 bits per heavy atom. The Balaban J connectivity index is 2.52. The van der Waals surface area contributed by atoms with Crippen molar-refractivity contribution in [1.29, 1.82) is 0 Å². The number of methoxy groups -OCH3 is 1. The minimum atomic E-state index is -1.07. The zero-order valence-electron chi connectivity index (χ0n) is 12.0. The Morgan fingerprint density at radius 2 is 2.19 bits per heavy atom. The summed E-state index contributed by atoms with van der Waals surface area (Å²) in [7, 11) is 1.66. The van der Waals surface area contributed by atoms with Crippen LogP contribution in [-0.2, 0) is 9.53 Å². The zero-order valence-corrected chi connectivity index (χ0v) is 12.0. The fourth-order valence-corrected chi connectivity index (χ4v) is 1.74. The maximum Gasteiger partial charge on any atom is 0.328 e. The van der Waals surface area contributed by atoms with Gasteiger partial charge in [0.25, 0.3) is 5.91 Å². The number of aliphatic carboxylic acids is 1. The van der Waals surface area contributed by atoms with Gasteiger partial charge in [-0.25, -0.2) is 4.79 Å². The molecular formula is C15H20N2O4. The van der Waals surface area contributed by atoms with E-state index in [9.17, 15) is 9.59 Å². The van der Waals surface area contributed by atoms with Crippen LogP contribution in [0.2, 0.25) is 0 Å². The number of unbranched alkanes of at least 4 members (excludes halogenated alkanes) is 2. The highest BCUT2D eigenvalue weighted by Gasteiger charge is 2.10. The van der Waals surface area contributed by atoms with Gasteiger partial charge in [-0.1, -0.05) is 6.07 Å². The molecule has 0 spiro atoms. The first-order valence-corrected chi connectivity index (χ1v) is 6.78. The Morgan fingerprint density at radius 1 is 1.38 bits per heavy atom. The third-order valence-electron chi connectivity index (χ3n) is 2.77. The number of carboxylic acids is 1. The number of hydrogen-bond donors (Lipinski definition) is 2. The fourth-order valence-electron chi connectivity index (χ4n) is 1.74. The van der Waals surface area contributed by atoms with Gasteiger partial charge in [0.1, 0.15) is 5.69 Å². The van der Waals surface area contributed by atoms with Gasteiger partial charge in [0.15, 0.2) is 0 Å². The maximum atomic E-state index is 12.0. The highest BCUT2D eigenvalue weighted by Crippen LogP contribution is 2.08. The summed E-state index contributed by atoms with van der Waals surface area (Å²) in [6.45, 7) is 1.28. The van der Waals surface area contributed by atoms with Crippen molar-refractivity contribution >= 4 is 18.0 Å².